The molecule has 0 amide bonds. The van der Waals surface area contributed by atoms with Crippen LogP contribution in [-0.4, -0.2) is 27.2 Å². The van der Waals surface area contributed by atoms with E-state index in [1.54, 1.807) is 0 Å². The lowest BCUT2D eigenvalue weighted by Crippen LogP contribution is -2.17. The Hall–Kier alpha value is -2.28. The largest absolute Gasteiger partial charge is 0.469 e. The summed E-state index contributed by atoms with van der Waals surface area (Å²) in [4.78, 5) is 11.7. The van der Waals surface area contributed by atoms with Crippen LogP contribution in [0, 0.1) is 23.5 Å². The highest BCUT2D eigenvalue weighted by molar-refractivity contribution is 7.91. The molecule has 1 aliphatic carbocycles. The van der Waals surface area contributed by atoms with Crippen LogP contribution in [0.1, 0.15) is 19.3 Å². The van der Waals surface area contributed by atoms with Crippen LogP contribution in [-0.2, 0) is 19.4 Å². The van der Waals surface area contributed by atoms with Crippen molar-refractivity contribution >= 4 is 15.8 Å². The third-order valence-corrected chi connectivity index (χ3v) is 6.89. The number of rotatable bonds is 5. The van der Waals surface area contributed by atoms with Crippen molar-refractivity contribution in [3.05, 3.63) is 54.1 Å². The second-order valence-electron chi connectivity index (χ2n) is 6.83. The van der Waals surface area contributed by atoms with E-state index in [9.17, 15) is 22.0 Å². The Kier molecular flexibility index (Phi) is 5.60. The highest BCUT2D eigenvalue weighted by atomic mass is 32.2. The van der Waals surface area contributed by atoms with Crippen molar-refractivity contribution < 1.29 is 26.7 Å². The number of hydrogen-bond acceptors (Lipinski definition) is 4. The summed E-state index contributed by atoms with van der Waals surface area (Å²) < 4.78 is 56.9. The van der Waals surface area contributed by atoms with Gasteiger partial charge in [-0.05, 0) is 55.0 Å². The van der Waals surface area contributed by atoms with Gasteiger partial charge in [-0.15, -0.1) is 0 Å². The maximum absolute atomic E-state index is 13.9. The monoisotopic (exact) mass is 394 g/mol. The van der Waals surface area contributed by atoms with E-state index in [0.717, 1.165) is 12.1 Å². The summed E-state index contributed by atoms with van der Waals surface area (Å²) in [5.41, 5.74) is 0.676. The first-order valence-electron chi connectivity index (χ1n) is 8.66. The summed E-state index contributed by atoms with van der Waals surface area (Å²) in [6.45, 7) is 0. The van der Waals surface area contributed by atoms with E-state index in [4.69, 9.17) is 4.74 Å². The van der Waals surface area contributed by atoms with E-state index < -0.39 is 21.5 Å². The standard InChI is InChI=1S/C20H20F2O4S/c1-26-20(23)15-3-2-13(10-15)12-27(24,25)17-7-4-14(5-8-17)18-9-6-16(21)11-19(18)22/h4-9,11,13,15H,2-3,10,12H2,1H3/t13-,15-/m1/s1. The maximum atomic E-state index is 13.9. The SMILES string of the molecule is COC(=O)[C@@H]1CC[C@@H](CS(=O)(=O)c2ccc(-c3ccc(F)cc3F)cc2)C1. The quantitative estimate of drug-likeness (QED) is 0.720. The molecule has 1 saturated carbocycles. The topological polar surface area (TPSA) is 60.4 Å². The predicted octanol–water partition coefficient (Wildman–Crippen LogP) is 3.99. The number of halogens is 2. The lowest BCUT2D eigenvalue weighted by atomic mass is 10.1. The van der Waals surface area contributed by atoms with Gasteiger partial charge in [0.05, 0.1) is 23.7 Å². The normalized spacial score (nSPS) is 19.8. The Morgan fingerprint density at radius 3 is 2.44 bits per heavy atom. The Labute approximate surface area is 157 Å². The summed E-state index contributed by atoms with van der Waals surface area (Å²) in [6.07, 6.45) is 1.80. The molecule has 0 saturated heterocycles. The molecular weight excluding hydrogens is 374 g/mol. The second kappa shape index (κ2) is 7.76. The predicted molar refractivity (Wildman–Crippen MR) is 96.7 cm³/mol. The number of esters is 1. The van der Waals surface area contributed by atoms with Gasteiger partial charge in [0.2, 0.25) is 0 Å². The van der Waals surface area contributed by atoms with E-state index in [-0.39, 0.29) is 34.0 Å². The Balaban J connectivity index is 1.73. The summed E-state index contributed by atoms with van der Waals surface area (Å²) in [5.74, 6) is -2.03. The molecule has 2 aromatic rings. The average Bonchev–Trinajstić information content (AvgIpc) is 3.09. The fourth-order valence-electron chi connectivity index (χ4n) is 3.58. The van der Waals surface area contributed by atoms with Crippen molar-refractivity contribution in [2.24, 2.45) is 11.8 Å². The van der Waals surface area contributed by atoms with E-state index in [2.05, 4.69) is 0 Å². The van der Waals surface area contributed by atoms with Gasteiger partial charge in [0, 0.05) is 11.6 Å². The Morgan fingerprint density at radius 1 is 1.11 bits per heavy atom. The molecule has 1 fully saturated rings. The lowest BCUT2D eigenvalue weighted by molar-refractivity contribution is -0.145. The van der Waals surface area contributed by atoms with Gasteiger partial charge in [0.1, 0.15) is 11.6 Å². The summed E-state index contributed by atoms with van der Waals surface area (Å²) >= 11 is 0. The van der Waals surface area contributed by atoms with Gasteiger partial charge in [0.25, 0.3) is 0 Å². The van der Waals surface area contributed by atoms with Crippen molar-refractivity contribution in [2.45, 2.75) is 24.2 Å². The van der Waals surface area contributed by atoms with Gasteiger partial charge in [-0.1, -0.05) is 12.1 Å². The number of hydrogen-bond donors (Lipinski definition) is 0. The zero-order valence-electron chi connectivity index (χ0n) is 14.8. The van der Waals surface area contributed by atoms with Gasteiger partial charge < -0.3 is 4.74 Å². The Morgan fingerprint density at radius 2 is 1.81 bits per heavy atom. The van der Waals surface area contributed by atoms with Crippen LogP contribution in [0.4, 0.5) is 8.78 Å². The van der Waals surface area contributed by atoms with E-state index >= 15 is 0 Å². The minimum atomic E-state index is -3.52. The molecule has 27 heavy (non-hydrogen) atoms. The first kappa shape index (κ1) is 19.5. The molecule has 0 spiro atoms. The smallest absolute Gasteiger partial charge is 0.308 e. The van der Waals surface area contributed by atoms with Gasteiger partial charge in [-0.2, -0.15) is 0 Å². The van der Waals surface area contributed by atoms with Crippen molar-refractivity contribution in [1.82, 2.24) is 0 Å². The lowest BCUT2D eigenvalue weighted by Gasteiger charge is -2.12. The molecule has 7 heteroatoms. The van der Waals surface area contributed by atoms with Crippen molar-refractivity contribution in [3.63, 3.8) is 0 Å². The average molecular weight is 394 g/mol. The van der Waals surface area contributed by atoms with Crippen LogP contribution in [0.25, 0.3) is 11.1 Å². The van der Waals surface area contributed by atoms with Gasteiger partial charge in [-0.25, -0.2) is 17.2 Å². The number of ether oxygens (including phenoxy) is 1. The number of sulfone groups is 1. The second-order valence-corrected chi connectivity index (χ2v) is 8.86. The first-order chi connectivity index (χ1) is 12.8. The van der Waals surface area contributed by atoms with Crippen LogP contribution in [0.2, 0.25) is 0 Å². The van der Waals surface area contributed by atoms with E-state index in [1.165, 1.54) is 37.4 Å². The highest BCUT2D eigenvalue weighted by Gasteiger charge is 2.33. The molecule has 0 heterocycles. The molecular formula is C20H20F2O4S. The molecule has 0 unspecified atom stereocenters. The van der Waals surface area contributed by atoms with Crippen LogP contribution in [0.15, 0.2) is 47.4 Å². The molecule has 3 rings (SSSR count). The first-order valence-corrected chi connectivity index (χ1v) is 10.3. The molecule has 2 aromatic carbocycles. The minimum Gasteiger partial charge on any atom is -0.469 e. The fraction of sp³-hybridized carbons (Fsp3) is 0.350. The zero-order valence-corrected chi connectivity index (χ0v) is 15.6. The minimum absolute atomic E-state index is 0.0370. The van der Waals surface area contributed by atoms with Crippen LogP contribution < -0.4 is 0 Å². The molecule has 0 N–H and O–H groups in total. The van der Waals surface area contributed by atoms with Crippen LogP contribution in [0.3, 0.4) is 0 Å². The third-order valence-electron chi connectivity index (χ3n) is 4.99. The van der Waals surface area contributed by atoms with Gasteiger partial charge in [-0.3, -0.25) is 4.79 Å². The Bertz CT molecular complexity index is 939. The summed E-state index contributed by atoms with van der Waals surface area (Å²) in [6, 6.07) is 9.14. The van der Waals surface area contributed by atoms with Gasteiger partial charge >= 0.3 is 5.97 Å². The van der Waals surface area contributed by atoms with E-state index in [0.29, 0.717) is 24.8 Å². The van der Waals surface area contributed by atoms with Gasteiger partial charge in [0.15, 0.2) is 9.84 Å². The fourth-order valence-corrected chi connectivity index (χ4v) is 5.25. The molecule has 1 aliphatic rings. The molecule has 144 valence electrons. The molecule has 0 aromatic heterocycles. The molecule has 4 nitrogen and oxygen atoms in total. The van der Waals surface area contributed by atoms with Crippen LogP contribution >= 0.6 is 0 Å². The summed E-state index contributed by atoms with van der Waals surface area (Å²) in [5, 5.41) is 0. The number of benzene rings is 2. The highest BCUT2D eigenvalue weighted by Crippen LogP contribution is 2.34. The number of methoxy groups -OCH3 is 1. The molecule has 0 aliphatic heterocycles. The zero-order chi connectivity index (χ0) is 19.6. The summed E-state index contributed by atoms with van der Waals surface area (Å²) in [7, 11) is -2.19. The van der Waals surface area contributed by atoms with Crippen LogP contribution in [0.5, 0.6) is 0 Å². The third kappa shape index (κ3) is 4.35. The number of carbonyl (C=O) groups is 1. The number of carbonyl (C=O) groups excluding carboxylic acids is 1. The van der Waals surface area contributed by atoms with Crippen molar-refractivity contribution in [3.8, 4) is 11.1 Å². The van der Waals surface area contributed by atoms with Crippen molar-refractivity contribution in [2.75, 3.05) is 12.9 Å². The van der Waals surface area contributed by atoms with Crippen molar-refractivity contribution in [1.29, 1.82) is 0 Å². The molecule has 0 bridgehead atoms. The molecule has 0 radical (unpaired) electrons. The maximum Gasteiger partial charge on any atom is 0.308 e. The molecule has 2 atom stereocenters. The van der Waals surface area contributed by atoms with E-state index in [1.807, 2.05) is 0 Å².